The summed E-state index contributed by atoms with van der Waals surface area (Å²) >= 11 is 0. The third-order valence-electron chi connectivity index (χ3n) is 6.81. The number of rotatable bonds is 4. The molecule has 1 aliphatic heterocycles. The molecule has 0 radical (unpaired) electrons. The summed E-state index contributed by atoms with van der Waals surface area (Å²) in [5.74, 6) is -0.149. The van der Waals surface area contributed by atoms with Gasteiger partial charge < -0.3 is 9.64 Å². The van der Waals surface area contributed by atoms with Gasteiger partial charge in [0.05, 0.1) is 18.1 Å². The normalized spacial score (nSPS) is 21.8. The maximum absolute atomic E-state index is 13.8. The lowest BCUT2D eigenvalue weighted by Gasteiger charge is -2.34. The van der Waals surface area contributed by atoms with Crippen LogP contribution in [0.5, 0.6) is 0 Å². The van der Waals surface area contributed by atoms with E-state index in [-0.39, 0.29) is 29.6 Å². The van der Waals surface area contributed by atoms with Crippen molar-refractivity contribution in [3.63, 3.8) is 0 Å². The highest BCUT2D eigenvalue weighted by molar-refractivity contribution is 5.99. The average molecular weight is 426 g/mol. The summed E-state index contributed by atoms with van der Waals surface area (Å²) in [5, 5.41) is 0. The van der Waals surface area contributed by atoms with E-state index in [0.29, 0.717) is 12.2 Å². The fourth-order valence-electron chi connectivity index (χ4n) is 5.32. The van der Waals surface area contributed by atoms with Gasteiger partial charge in [0.25, 0.3) is 0 Å². The number of benzene rings is 3. The summed E-state index contributed by atoms with van der Waals surface area (Å²) in [6.07, 6.45) is 0.834. The Labute approximate surface area is 188 Å². The Morgan fingerprint density at radius 3 is 2.50 bits per heavy atom. The quantitative estimate of drug-likeness (QED) is 0.544. The highest BCUT2D eigenvalue weighted by Gasteiger charge is 2.49. The molecule has 3 aromatic rings. The van der Waals surface area contributed by atoms with Gasteiger partial charge in [-0.3, -0.25) is 4.79 Å². The zero-order valence-corrected chi connectivity index (χ0v) is 18.5. The molecule has 0 aromatic heterocycles. The van der Waals surface area contributed by atoms with Crippen LogP contribution < -0.4 is 4.90 Å². The molecule has 5 rings (SSSR count). The predicted octanol–water partition coefficient (Wildman–Crippen LogP) is 5.14. The molecule has 162 valence electrons. The molecule has 0 N–H and O–H groups in total. The van der Waals surface area contributed by atoms with Crippen LogP contribution in [0.2, 0.25) is 0 Å². The molecule has 3 unspecified atom stereocenters. The number of amides is 1. The maximum atomic E-state index is 13.8. The van der Waals surface area contributed by atoms with Crippen molar-refractivity contribution in [1.29, 1.82) is 0 Å². The van der Waals surface area contributed by atoms with Crippen molar-refractivity contribution in [2.24, 2.45) is 11.8 Å². The minimum atomic E-state index is -0.316. The van der Waals surface area contributed by atoms with E-state index in [9.17, 15) is 9.59 Å². The Hall–Kier alpha value is -3.40. The fourth-order valence-corrected chi connectivity index (χ4v) is 5.32. The molecule has 1 aliphatic carbocycles. The van der Waals surface area contributed by atoms with Gasteiger partial charge in [-0.1, -0.05) is 54.1 Å². The number of esters is 1. The van der Waals surface area contributed by atoms with Gasteiger partial charge in [0.2, 0.25) is 5.91 Å². The van der Waals surface area contributed by atoms with Crippen LogP contribution in [0.25, 0.3) is 0 Å². The SMILES string of the molecule is CCOC(=O)c1ccc2c(c1)C(c1ccccc1)C1C(=O)N(c3ccc(C)cc3)CC1C2. The summed E-state index contributed by atoms with van der Waals surface area (Å²) in [7, 11) is 0. The first-order valence-electron chi connectivity index (χ1n) is 11.3. The Kier molecular flexibility index (Phi) is 5.30. The number of anilines is 1. The van der Waals surface area contributed by atoms with Gasteiger partial charge in [-0.25, -0.2) is 4.79 Å². The van der Waals surface area contributed by atoms with Gasteiger partial charge in [0.1, 0.15) is 0 Å². The summed E-state index contributed by atoms with van der Waals surface area (Å²) in [6, 6.07) is 24.3. The molecule has 3 aromatic carbocycles. The lowest BCUT2D eigenvalue weighted by atomic mass is 9.67. The standard InChI is InChI=1S/C28H27NO3/c1-3-32-28(31)21-12-11-20-15-22-17-29(23-13-9-18(2)10-14-23)27(30)26(22)25(24(20)16-21)19-7-5-4-6-8-19/h4-14,16,22,25-26H,3,15,17H2,1-2H3. The van der Waals surface area contributed by atoms with Crippen molar-refractivity contribution < 1.29 is 14.3 Å². The van der Waals surface area contributed by atoms with Crippen molar-refractivity contribution in [3.05, 3.63) is 101 Å². The molecule has 1 saturated heterocycles. The molecule has 2 aliphatic rings. The Morgan fingerprint density at radius 2 is 1.78 bits per heavy atom. The maximum Gasteiger partial charge on any atom is 0.338 e. The molecule has 4 heteroatoms. The molecule has 3 atom stereocenters. The molecule has 1 fully saturated rings. The topological polar surface area (TPSA) is 46.6 Å². The first-order chi connectivity index (χ1) is 15.6. The van der Waals surface area contributed by atoms with Crippen molar-refractivity contribution in [2.45, 2.75) is 26.2 Å². The van der Waals surface area contributed by atoms with Crippen LogP contribution in [0, 0.1) is 18.8 Å². The molecule has 0 spiro atoms. The molecule has 4 nitrogen and oxygen atoms in total. The summed E-state index contributed by atoms with van der Waals surface area (Å²) in [5.41, 5.74) is 6.08. The van der Waals surface area contributed by atoms with E-state index in [1.807, 2.05) is 60.4 Å². The minimum absolute atomic E-state index is 0.0812. The second kappa shape index (κ2) is 8.27. The third kappa shape index (κ3) is 3.50. The highest BCUT2D eigenvalue weighted by atomic mass is 16.5. The van der Waals surface area contributed by atoms with Crippen molar-refractivity contribution >= 4 is 17.6 Å². The van der Waals surface area contributed by atoms with E-state index < -0.39 is 0 Å². The first-order valence-corrected chi connectivity index (χ1v) is 11.3. The molecule has 0 saturated carbocycles. The molecule has 1 heterocycles. The predicted molar refractivity (Wildman–Crippen MR) is 125 cm³/mol. The number of hydrogen-bond acceptors (Lipinski definition) is 3. The number of aryl methyl sites for hydroxylation is 1. The number of carbonyl (C=O) groups excluding carboxylic acids is 2. The van der Waals surface area contributed by atoms with Crippen LogP contribution in [0.1, 0.15) is 45.5 Å². The number of nitrogens with zero attached hydrogens (tertiary/aromatic N) is 1. The first kappa shape index (κ1) is 20.5. The lowest BCUT2D eigenvalue weighted by molar-refractivity contribution is -0.121. The number of carbonyl (C=O) groups is 2. The van der Waals surface area contributed by atoms with Crippen LogP contribution in [-0.4, -0.2) is 25.0 Å². The van der Waals surface area contributed by atoms with Gasteiger partial charge in [-0.2, -0.15) is 0 Å². The minimum Gasteiger partial charge on any atom is -0.462 e. The smallest absolute Gasteiger partial charge is 0.338 e. The highest BCUT2D eigenvalue weighted by Crippen LogP contribution is 2.48. The van der Waals surface area contributed by atoms with Crippen molar-refractivity contribution in [2.75, 3.05) is 18.1 Å². The second-order valence-electron chi connectivity index (χ2n) is 8.80. The van der Waals surface area contributed by atoms with Gasteiger partial charge in [0, 0.05) is 18.2 Å². The number of ether oxygens (including phenoxy) is 1. The van der Waals surface area contributed by atoms with Gasteiger partial charge in [-0.05, 0) is 67.1 Å². The number of fused-ring (bicyclic) bond motifs is 2. The summed E-state index contributed by atoms with van der Waals surface area (Å²) < 4.78 is 5.24. The molecule has 32 heavy (non-hydrogen) atoms. The zero-order chi connectivity index (χ0) is 22.2. The van der Waals surface area contributed by atoms with Crippen LogP contribution in [0.15, 0.2) is 72.8 Å². The van der Waals surface area contributed by atoms with E-state index >= 15 is 0 Å². The van der Waals surface area contributed by atoms with E-state index in [2.05, 4.69) is 31.2 Å². The van der Waals surface area contributed by atoms with Crippen LogP contribution in [0.4, 0.5) is 5.69 Å². The van der Waals surface area contributed by atoms with Gasteiger partial charge in [0.15, 0.2) is 0 Å². The van der Waals surface area contributed by atoms with E-state index in [1.165, 1.54) is 11.1 Å². The van der Waals surface area contributed by atoms with Crippen molar-refractivity contribution in [1.82, 2.24) is 0 Å². The van der Waals surface area contributed by atoms with Crippen LogP contribution in [-0.2, 0) is 16.0 Å². The molecule has 1 amide bonds. The van der Waals surface area contributed by atoms with E-state index in [0.717, 1.165) is 29.8 Å². The average Bonchev–Trinajstić information content (AvgIpc) is 3.14. The van der Waals surface area contributed by atoms with Gasteiger partial charge >= 0.3 is 5.97 Å². The van der Waals surface area contributed by atoms with Crippen molar-refractivity contribution in [3.8, 4) is 0 Å². The monoisotopic (exact) mass is 425 g/mol. The Bertz CT molecular complexity index is 1150. The second-order valence-corrected chi connectivity index (χ2v) is 8.80. The van der Waals surface area contributed by atoms with Gasteiger partial charge in [-0.15, -0.1) is 0 Å². The molecular weight excluding hydrogens is 398 g/mol. The number of hydrogen-bond donors (Lipinski definition) is 0. The van der Waals surface area contributed by atoms with E-state index in [1.54, 1.807) is 0 Å². The lowest BCUT2D eigenvalue weighted by Crippen LogP contribution is -2.33. The van der Waals surface area contributed by atoms with Crippen LogP contribution in [0.3, 0.4) is 0 Å². The van der Waals surface area contributed by atoms with E-state index in [4.69, 9.17) is 4.74 Å². The van der Waals surface area contributed by atoms with Crippen LogP contribution >= 0.6 is 0 Å². The molecule has 0 bridgehead atoms. The zero-order valence-electron chi connectivity index (χ0n) is 18.5. The Balaban J connectivity index is 1.59. The molecular formula is C28H27NO3. The summed E-state index contributed by atoms with van der Waals surface area (Å²) in [4.78, 5) is 28.2. The largest absolute Gasteiger partial charge is 0.462 e. The third-order valence-corrected chi connectivity index (χ3v) is 6.81. The summed E-state index contributed by atoms with van der Waals surface area (Å²) in [6.45, 7) is 4.92. The Morgan fingerprint density at radius 1 is 1.03 bits per heavy atom. The fraction of sp³-hybridized carbons (Fsp3) is 0.286.